The largest absolute Gasteiger partial charge is 0.337 e. The third-order valence-electron chi connectivity index (χ3n) is 6.70. The number of likely N-dealkylation sites (tertiary alicyclic amines) is 1. The van der Waals surface area contributed by atoms with E-state index in [9.17, 15) is 14.4 Å². The fourth-order valence-corrected chi connectivity index (χ4v) is 4.49. The van der Waals surface area contributed by atoms with Crippen LogP contribution >= 0.6 is 0 Å². The summed E-state index contributed by atoms with van der Waals surface area (Å²) in [5, 5.41) is 13.5. The first kappa shape index (κ1) is 22.8. The fraction of sp³-hybridized carbons (Fsp3) is 0.259. The summed E-state index contributed by atoms with van der Waals surface area (Å²) in [6.45, 7) is 1.51. The van der Waals surface area contributed by atoms with Gasteiger partial charge in [-0.25, -0.2) is 4.98 Å². The number of amides is 3. The Morgan fingerprint density at radius 1 is 0.892 bits per heavy atom. The van der Waals surface area contributed by atoms with Crippen molar-refractivity contribution >= 4 is 40.0 Å². The highest BCUT2D eigenvalue weighted by atomic mass is 16.2. The van der Waals surface area contributed by atoms with Gasteiger partial charge in [0.15, 0.2) is 5.69 Å². The summed E-state index contributed by atoms with van der Waals surface area (Å²) in [6, 6.07) is 10.8. The maximum atomic E-state index is 13.1. The van der Waals surface area contributed by atoms with Crippen LogP contribution in [-0.4, -0.2) is 55.9 Å². The topological polar surface area (TPSA) is 133 Å². The zero-order valence-electron chi connectivity index (χ0n) is 20.0. The van der Waals surface area contributed by atoms with Crippen LogP contribution in [0.25, 0.3) is 22.0 Å². The number of H-pyrrole nitrogens is 1. The van der Waals surface area contributed by atoms with Gasteiger partial charge < -0.3 is 15.5 Å². The van der Waals surface area contributed by atoms with Crippen molar-refractivity contribution in [3.8, 4) is 11.1 Å². The lowest BCUT2D eigenvalue weighted by Gasteiger charge is -2.14. The Balaban J connectivity index is 1.20. The molecule has 186 valence electrons. The molecule has 2 fully saturated rings. The van der Waals surface area contributed by atoms with Crippen LogP contribution < -0.4 is 10.6 Å². The molecule has 4 aromatic rings. The maximum absolute atomic E-state index is 13.1. The van der Waals surface area contributed by atoms with Crippen LogP contribution in [0.2, 0.25) is 0 Å². The molecule has 2 aliphatic rings. The fourth-order valence-electron chi connectivity index (χ4n) is 4.49. The van der Waals surface area contributed by atoms with E-state index in [1.807, 2.05) is 24.3 Å². The summed E-state index contributed by atoms with van der Waals surface area (Å²) in [4.78, 5) is 48.0. The van der Waals surface area contributed by atoms with Gasteiger partial charge in [-0.1, -0.05) is 6.07 Å². The minimum Gasteiger partial charge on any atom is -0.337 e. The van der Waals surface area contributed by atoms with Crippen molar-refractivity contribution < 1.29 is 14.4 Å². The van der Waals surface area contributed by atoms with Crippen LogP contribution in [0.15, 0.2) is 55.0 Å². The highest BCUT2D eigenvalue weighted by Gasteiger charge is 2.29. The highest BCUT2D eigenvalue weighted by Crippen LogP contribution is 2.31. The Morgan fingerprint density at radius 3 is 2.49 bits per heavy atom. The zero-order chi connectivity index (χ0) is 25.4. The molecule has 1 aliphatic carbocycles. The summed E-state index contributed by atoms with van der Waals surface area (Å²) in [5.41, 5.74) is 4.07. The average Bonchev–Trinajstić information content (AvgIpc) is 3.46. The third kappa shape index (κ3) is 4.77. The summed E-state index contributed by atoms with van der Waals surface area (Å²) >= 11 is 0. The lowest BCUT2D eigenvalue weighted by Crippen LogP contribution is -2.28. The predicted molar refractivity (Wildman–Crippen MR) is 138 cm³/mol. The summed E-state index contributed by atoms with van der Waals surface area (Å²) in [6.07, 6.45) is 8.70. The van der Waals surface area contributed by atoms with Crippen LogP contribution in [0.4, 0.5) is 11.4 Å². The number of hydrogen-bond donors (Lipinski definition) is 3. The number of aromatic nitrogens is 4. The lowest BCUT2D eigenvalue weighted by molar-refractivity contribution is -0.117. The van der Waals surface area contributed by atoms with Crippen molar-refractivity contribution in [2.24, 2.45) is 5.92 Å². The smallest absolute Gasteiger partial charge is 0.276 e. The van der Waals surface area contributed by atoms with Gasteiger partial charge in [-0.2, -0.15) is 5.10 Å². The summed E-state index contributed by atoms with van der Waals surface area (Å²) < 4.78 is 0. The van der Waals surface area contributed by atoms with Crippen LogP contribution in [0.5, 0.6) is 0 Å². The van der Waals surface area contributed by atoms with Crippen molar-refractivity contribution in [2.45, 2.75) is 25.7 Å². The van der Waals surface area contributed by atoms with Gasteiger partial charge in [-0.05, 0) is 61.6 Å². The average molecular weight is 496 g/mol. The first-order chi connectivity index (χ1) is 18.0. The molecule has 1 aromatic carbocycles. The van der Waals surface area contributed by atoms with E-state index in [-0.39, 0.29) is 23.4 Å². The molecular formula is C27H25N7O3. The molecule has 1 aliphatic heterocycles. The summed E-state index contributed by atoms with van der Waals surface area (Å²) in [7, 11) is 0. The number of fused-ring (bicyclic) bond motifs is 1. The van der Waals surface area contributed by atoms with E-state index in [2.05, 4.69) is 30.8 Å². The Hall–Kier alpha value is -4.60. The molecule has 1 saturated heterocycles. The van der Waals surface area contributed by atoms with Crippen LogP contribution in [-0.2, 0) is 4.79 Å². The van der Waals surface area contributed by atoms with Gasteiger partial charge in [0.25, 0.3) is 11.8 Å². The molecule has 4 heterocycles. The van der Waals surface area contributed by atoms with E-state index in [1.54, 1.807) is 29.4 Å². The molecule has 6 rings (SSSR count). The first-order valence-corrected chi connectivity index (χ1v) is 12.4. The number of carbonyl (C=O) groups excluding carboxylic acids is 3. The molecule has 1 saturated carbocycles. The van der Waals surface area contributed by atoms with Gasteiger partial charge in [0, 0.05) is 36.2 Å². The second-order valence-corrected chi connectivity index (χ2v) is 9.44. The molecular weight excluding hydrogens is 470 g/mol. The van der Waals surface area contributed by atoms with Crippen molar-refractivity contribution in [2.75, 3.05) is 23.7 Å². The molecule has 3 amide bonds. The van der Waals surface area contributed by atoms with Gasteiger partial charge in [0.05, 0.1) is 29.3 Å². The van der Waals surface area contributed by atoms with Crippen molar-refractivity contribution in [3.05, 3.63) is 66.4 Å². The van der Waals surface area contributed by atoms with E-state index in [4.69, 9.17) is 0 Å². The molecule has 0 atom stereocenters. The number of benzene rings is 1. The Bertz CT molecular complexity index is 1500. The number of nitrogens with zero attached hydrogens (tertiary/aromatic N) is 4. The predicted octanol–water partition coefficient (Wildman–Crippen LogP) is 3.86. The Morgan fingerprint density at radius 2 is 1.73 bits per heavy atom. The number of aromatic amines is 1. The number of rotatable bonds is 6. The first-order valence-electron chi connectivity index (χ1n) is 12.4. The molecule has 0 bridgehead atoms. The molecule has 10 heteroatoms. The van der Waals surface area contributed by atoms with Gasteiger partial charge in [-0.3, -0.25) is 24.5 Å². The quantitative estimate of drug-likeness (QED) is 0.372. The van der Waals surface area contributed by atoms with E-state index >= 15 is 0 Å². The zero-order valence-corrected chi connectivity index (χ0v) is 20.0. The van der Waals surface area contributed by atoms with E-state index in [1.165, 1.54) is 6.20 Å². The van der Waals surface area contributed by atoms with Crippen LogP contribution in [0.1, 0.15) is 46.7 Å². The Kier molecular flexibility index (Phi) is 5.84. The SMILES string of the molecule is O=C(Nc1ccc(C(=O)N2CCCC2)nc1)c1n[nH]c2ccc(-c3cncc(NC(=O)C4CC4)c3)cc12. The van der Waals surface area contributed by atoms with Crippen molar-refractivity contribution in [3.63, 3.8) is 0 Å². The van der Waals surface area contributed by atoms with Crippen molar-refractivity contribution in [1.29, 1.82) is 0 Å². The minimum absolute atomic E-state index is 0.0196. The monoisotopic (exact) mass is 495 g/mol. The number of nitrogens with one attached hydrogen (secondary N) is 3. The highest BCUT2D eigenvalue weighted by molar-refractivity contribution is 6.11. The van der Waals surface area contributed by atoms with E-state index in [0.29, 0.717) is 28.0 Å². The molecule has 37 heavy (non-hydrogen) atoms. The van der Waals surface area contributed by atoms with E-state index < -0.39 is 5.91 Å². The van der Waals surface area contributed by atoms with Gasteiger partial charge in [0.1, 0.15) is 5.69 Å². The van der Waals surface area contributed by atoms with Crippen LogP contribution in [0, 0.1) is 5.92 Å². The standard InChI is InChI=1S/C27H25N7O3/c35-25(16-3-4-16)31-20-11-18(13-28-14-20)17-5-7-22-21(12-17)24(33-32-22)26(36)30-19-6-8-23(29-15-19)27(37)34-9-1-2-10-34/h5-8,11-16H,1-4,9-10H2,(H,30,36)(H,31,35)(H,32,33). The third-order valence-corrected chi connectivity index (χ3v) is 6.70. The van der Waals surface area contributed by atoms with Gasteiger partial charge in [0.2, 0.25) is 5.91 Å². The molecule has 0 unspecified atom stereocenters. The molecule has 3 N–H and O–H groups in total. The second-order valence-electron chi connectivity index (χ2n) is 9.44. The number of pyridine rings is 2. The molecule has 10 nitrogen and oxygen atoms in total. The maximum Gasteiger partial charge on any atom is 0.276 e. The summed E-state index contributed by atoms with van der Waals surface area (Å²) in [5.74, 6) is -0.366. The molecule has 0 spiro atoms. The van der Waals surface area contributed by atoms with Crippen molar-refractivity contribution in [1.82, 2.24) is 25.1 Å². The number of carbonyl (C=O) groups is 3. The molecule has 0 radical (unpaired) electrons. The second kappa shape index (κ2) is 9.45. The van der Waals surface area contributed by atoms with Gasteiger partial charge in [-0.15, -0.1) is 0 Å². The normalized spacial score (nSPS) is 15.1. The molecule has 3 aromatic heterocycles. The lowest BCUT2D eigenvalue weighted by atomic mass is 10.0. The Labute approximate surface area is 212 Å². The number of anilines is 2. The number of hydrogen-bond acceptors (Lipinski definition) is 6. The minimum atomic E-state index is -0.396. The van der Waals surface area contributed by atoms with Crippen LogP contribution in [0.3, 0.4) is 0 Å². The van der Waals surface area contributed by atoms with E-state index in [0.717, 1.165) is 49.9 Å². The van der Waals surface area contributed by atoms with Gasteiger partial charge >= 0.3 is 0 Å².